The van der Waals surface area contributed by atoms with E-state index in [4.69, 9.17) is 4.74 Å². The molecule has 0 spiro atoms. The van der Waals surface area contributed by atoms with Gasteiger partial charge >= 0.3 is 0 Å². The number of carbonyl (C=O) groups is 2. The Hall–Kier alpha value is -3.03. The molecule has 0 unspecified atom stereocenters. The van der Waals surface area contributed by atoms with Gasteiger partial charge in [-0.1, -0.05) is 6.07 Å². The van der Waals surface area contributed by atoms with E-state index in [9.17, 15) is 22.8 Å². The van der Waals surface area contributed by atoms with Crippen LogP contribution in [0, 0.1) is 17.5 Å². The van der Waals surface area contributed by atoms with Crippen molar-refractivity contribution in [2.45, 2.75) is 6.42 Å². The van der Waals surface area contributed by atoms with Crippen molar-refractivity contribution in [1.29, 1.82) is 0 Å². The van der Waals surface area contributed by atoms with E-state index >= 15 is 0 Å². The van der Waals surface area contributed by atoms with Crippen LogP contribution in [0.5, 0.6) is 5.75 Å². The highest BCUT2D eigenvalue weighted by molar-refractivity contribution is 5.96. The van der Waals surface area contributed by atoms with Gasteiger partial charge in [0.25, 0.3) is 11.8 Å². The van der Waals surface area contributed by atoms with Crippen LogP contribution in [-0.4, -0.2) is 54.9 Å². The Kier molecular flexibility index (Phi) is 5.87. The van der Waals surface area contributed by atoms with E-state index in [1.165, 1.54) is 12.0 Å². The molecule has 0 aliphatic carbocycles. The van der Waals surface area contributed by atoms with Gasteiger partial charge in [-0.15, -0.1) is 0 Å². The maximum atomic E-state index is 13.9. The van der Waals surface area contributed by atoms with Crippen LogP contribution >= 0.6 is 0 Å². The fraction of sp³-hybridized carbons (Fsp3) is 0.300. The number of carbonyl (C=O) groups excluding carboxylic acids is 2. The minimum atomic E-state index is -1.67. The molecule has 2 amide bonds. The lowest BCUT2D eigenvalue weighted by Crippen LogP contribution is -2.37. The van der Waals surface area contributed by atoms with Gasteiger partial charge < -0.3 is 14.5 Å². The normalized spacial score (nSPS) is 14.6. The lowest BCUT2D eigenvalue weighted by atomic mass is 10.1. The van der Waals surface area contributed by atoms with Gasteiger partial charge in [0.15, 0.2) is 17.5 Å². The van der Waals surface area contributed by atoms with Crippen molar-refractivity contribution < 1.29 is 27.5 Å². The maximum absolute atomic E-state index is 13.9. The SMILES string of the molecule is COc1cccc(C(=O)N2CCCN(C(=O)c3ccc(F)c(F)c3F)CC2)c1. The van der Waals surface area contributed by atoms with Crippen LogP contribution in [0.15, 0.2) is 36.4 Å². The number of nitrogens with zero attached hydrogens (tertiary/aromatic N) is 2. The predicted octanol–water partition coefficient (Wildman–Crippen LogP) is 3.10. The molecule has 148 valence electrons. The summed E-state index contributed by atoms with van der Waals surface area (Å²) >= 11 is 0. The highest BCUT2D eigenvalue weighted by Gasteiger charge is 2.27. The summed E-state index contributed by atoms with van der Waals surface area (Å²) in [4.78, 5) is 28.2. The van der Waals surface area contributed by atoms with Gasteiger partial charge in [0.05, 0.1) is 12.7 Å². The van der Waals surface area contributed by atoms with Gasteiger partial charge in [-0.25, -0.2) is 13.2 Å². The molecular weight excluding hydrogens is 373 g/mol. The Morgan fingerprint density at radius 3 is 2.25 bits per heavy atom. The summed E-state index contributed by atoms with van der Waals surface area (Å²) in [6, 6.07) is 8.41. The number of amides is 2. The summed E-state index contributed by atoms with van der Waals surface area (Å²) in [6.45, 7) is 1.10. The average Bonchev–Trinajstić information content (AvgIpc) is 2.97. The van der Waals surface area contributed by atoms with Crippen molar-refractivity contribution in [3.05, 3.63) is 65.0 Å². The number of benzene rings is 2. The molecule has 0 atom stereocenters. The molecule has 1 aliphatic rings. The van der Waals surface area contributed by atoms with Crippen molar-refractivity contribution >= 4 is 11.8 Å². The summed E-state index contributed by atoms with van der Waals surface area (Å²) in [5.74, 6) is -4.89. The van der Waals surface area contributed by atoms with Crippen molar-refractivity contribution in [2.75, 3.05) is 33.3 Å². The quantitative estimate of drug-likeness (QED) is 0.755. The van der Waals surface area contributed by atoms with Gasteiger partial charge in [0.1, 0.15) is 5.75 Å². The third-order valence-corrected chi connectivity index (χ3v) is 4.65. The second-order valence-corrected chi connectivity index (χ2v) is 6.39. The van der Waals surface area contributed by atoms with Crippen LogP contribution in [0.1, 0.15) is 27.1 Å². The number of hydrogen-bond donors (Lipinski definition) is 0. The fourth-order valence-electron chi connectivity index (χ4n) is 3.12. The molecule has 28 heavy (non-hydrogen) atoms. The van der Waals surface area contributed by atoms with Gasteiger partial charge in [-0.05, 0) is 36.8 Å². The van der Waals surface area contributed by atoms with Crippen LogP contribution in [0.25, 0.3) is 0 Å². The van der Waals surface area contributed by atoms with Crippen LogP contribution < -0.4 is 4.74 Å². The van der Waals surface area contributed by atoms with Gasteiger partial charge in [-0.2, -0.15) is 0 Å². The number of rotatable bonds is 3. The zero-order valence-electron chi connectivity index (χ0n) is 15.3. The van der Waals surface area contributed by atoms with Crippen molar-refractivity contribution in [1.82, 2.24) is 9.80 Å². The van der Waals surface area contributed by atoms with E-state index in [1.54, 1.807) is 29.2 Å². The van der Waals surface area contributed by atoms with E-state index in [0.29, 0.717) is 24.3 Å². The Balaban J connectivity index is 1.72. The first-order chi connectivity index (χ1) is 13.4. The third kappa shape index (κ3) is 3.95. The summed E-state index contributed by atoms with van der Waals surface area (Å²) < 4.78 is 45.6. The van der Waals surface area contributed by atoms with E-state index < -0.39 is 28.9 Å². The maximum Gasteiger partial charge on any atom is 0.257 e. The molecule has 2 aromatic carbocycles. The average molecular weight is 392 g/mol. The zero-order chi connectivity index (χ0) is 20.3. The second kappa shape index (κ2) is 8.33. The standard InChI is InChI=1S/C20H19F3N2O3/c1-28-14-5-2-4-13(12-14)19(26)24-8-3-9-25(11-10-24)20(27)15-6-7-16(21)18(23)17(15)22/h2,4-7,12H,3,8-11H2,1H3. The molecule has 8 heteroatoms. The molecule has 5 nitrogen and oxygen atoms in total. The smallest absolute Gasteiger partial charge is 0.257 e. The molecule has 2 aromatic rings. The Morgan fingerprint density at radius 1 is 0.893 bits per heavy atom. The Labute approximate surface area is 160 Å². The van der Waals surface area contributed by atoms with Crippen molar-refractivity contribution in [2.24, 2.45) is 0 Å². The van der Waals surface area contributed by atoms with Crippen LogP contribution in [-0.2, 0) is 0 Å². The first-order valence-electron chi connectivity index (χ1n) is 8.78. The highest BCUT2D eigenvalue weighted by atomic mass is 19.2. The van der Waals surface area contributed by atoms with Gasteiger partial charge in [0.2, 0.25) is 0 Å². The molecule has 0 saturated carbocycles. The highest BCUT2D eigenvalue weighted by Crippen LogP contribution is 2.19. The molecule has 1 heterocycles. The number of methoxy groups -OCH3 is 1. The molecule has 1 saturated heterocycles. The molecule has 0 radical (unpaired) electrons. The molecular formula is C20H19F3N2O3. The first-order valence-corrected chi connectivity index (χ1v) is 8.78. The van der Waals surface area contributed by atoms with E-state index in [0.717, 1.165) is 12.1 Å². The Bertz CT molecular complexity index is 904. The van der Waals surface area contributed by atoms with E-state index in [1.807, 2.05) is 0 Å². The zero-order valence-corrected chi connectivity index (χ0v) is 15.3. The Morgan fingerprint density at radius 2 is 1.57 bits per heavy atom. The largest absolute Gasteiger partial charge is 0.497 e. The van der Waals surface area contributed by atoms with E-state index in [-0.39, 0.29) is 25.5 Å². The number of ether oxygens (including phenoxy) is 1. The summed E-state index contributed by atoms with van der Waals surface area (Å²) in [7, 11) is 1.51. The summed E-state index contributed by atoms with van der Waals surface area (Å²) in [6.07, 6.45) is 0.479. The molecule has 0 N–H and O–H groups in total. The number of hydrogen-bond acceptors (Lipinski definition) is 3. The first kappa shape index (κ1) is 19.7. The topological polar surface area (TPSA) is 49.9 Å². The van der Waals surface area contributed by atoms with Crippen molar-refractivity contribution in [3.63, 3.8) is 0 Å². The second-order valence-electron chi connectivity index (χ2n) is 6.39. The summed E-state index contributed by atoms with van der Waals surface area (Å²) in [5, 5.41) is 0. The molecule has 0 bridgehead atoms. The monoisotopic (exact) mass is 392 g/mol. The minimum absolute atomic E-state index is 0.160. The summed E-state index contributed by atoms with van der Waals surface area (Å²) in [5.41, 5.74) is -0.0581. The fourth-order valence-corrected chi connectivity index (χ4v) is 3.12. The molecule has 1 fully saturated rings. The van der Waals surface area contributed by atoms with Crippen molar-refractivity contribution in [3.8, 4) is 5.75 Å². The molecule has 3 rings (SSSR count). The minimum Gasteiger partial charge on any atom is -0.497 e. The van der Waals surface area contributed by atoms with Gasteiger partial charge in [0, 0.05) is 31.7 Å². The third-order valence-electron chi connectivity index (χ3n) is 4.65. The van der Waals surface area contributed by atoms with Crippen LogP contribution in [0.2, 0.25) is 0 Å². The molecule has 1 aliphatic heterocycles. The predicted molar refractivity (Wildman–Crippen MR) is 95.7 cm³/mol. The number of halogens is 3. The van der Waals surface area contributed by atoms with E-state index in [2.05, 4.69) is 0 Å². The lowest BCUT2D eigenvalue weighted by molar-refractivity contribution is 0.0715. The van der Waals surface area contributed by atoms with Crippen LogP contribution in [0.4, 0.5) is 13.2 Å². The van der Waals surface area contributed by atoms with Crippen LogP contribution in [0.3, 0.4) is 0 Å². The lowest BCUT2D eigenvalue weighted by Gasteiger charge is -2.22. The molecule has 0 aromatic heterocycles. The van der Waals surface area contributed by atoms with Gasteiger partial charge in [-0.3, -0.25) is 9.59 Å².